The molecule has 1 aromatic carbocycles. The first-order valence-corrected chi connectivity index (χ1v) is 10.7. The summed E-state index contributed by atoms with van der Waals surface area (Å²) in [5.41, 5.74) is 2.19. The Morgan fingerprint density at radius 3 is 2.93 bits per heavy atom. The summed E-state index contributed by atoms with van der Waals surface area (Å²) in [5.74, 6) is -0.234. The van der Waals surface area contributed by atoms with E-state index in [2.05, 4.69) is 4.98 Å². The van der Waals surface area contributed by atoms with E-state index in [9.17, 15) is 9.59 Å². The third-order valence-corrected chi connectivity index (χ3v) is 5.30. The van der Waals surface area contributed by atoms with Crippen LogP contribution >= 0.6 is 11.3 Å². The van der Waals surface area contributed by atoms with Crippen molar-refractivity contribution in [1.29, 1.82) is 0 Å². The number of esters is 1. The summed E-state index contributed by atoms with van der Waals surface area (Å²) in [6.45, 7) is 3.45. The standard InChI is InChI=1S/C21H26N2O6S/c1-3-7-27-9-10-28-21(25)12-23-17-11-15(4-5-18(17)29-13-20(23)24)16-14-30-19(22-16)6-8-26-2/h4-5,11,14H,3,6-10,12-13H2,1-2H3. The molecule has 0 bridgehead atoms. The largest absolute Gasteiger partial charge is 0.482 e. The van der Waals surface area contributed by atoms with Crippen LogP contribution in [0.2, 0.25) is 0 Å². The fraction of sp³-hybridized carbons (Fsp3) is 0.476. The van der Waals surface area contributed by atoms with Gasteiger partial charge in [-0.2, -0.15) is 0 Å². The van der Waals surface area contributed by atoms with Gasteiger partial charge in [-0.15, -0.1) is 11.3 Å². The maximum Gasteiger partial charge on any atom is 0.326 e. The number of ether oxygens (including phenoxy) is 4. The van der Waals surface area contributed by atoms with Crippen LogP contribution in [0.15, 0.2) is 23.6 Å². The van der Waals surface area contributed by atoms with Crippen LogP contribution in [0.1, 0.15) is 18.4 Å². The number of thiazole rings is 1. The van der Waals surface area contributed by atoms with Gasteiger partial charge in [0.25, 0.3) is 5.91 Å². The lowest BCUT2D eigenvalue weighted by Crippen LogP contribution is -2.42. The molecule has 1 amide bonds. The number of anilines is 1. The number of carbonyl (C=O) groups excluding carboxylic acids is 2. The van der Waals surface area contributed by atoms with Crippen LogP contribution in [0.5, 0.6) is 5.75 Å². The average molecular weight is 435 g/mol. The molecule has 0 aliphatic carbocycles. The van der Waals surface area contributed by atoms with E-state index in [4.69, 9.17) is 18.9 Å². The van der Waals surface area contributed by atoms with Gasteiger partial charge in [0, 0.05) is 31.1 Å². The number of aromatic nitrogens is 1. The molecule has 0 saturated heterocycles. The molecule has 3 rings (SSSR count). The van der Waals surface area contributed by atoms with Gasteiger partial charge in [0.05, 0.1) is 29.6 Å². The van der Waals surface area contributed by atoms with Crippen molar-refractivity contribution in [1.82, 2.24) is 4.98 Å². The molecule has 30 heavy (non-hydrogen) atoms. The van der Waals surface area contributed by atoms with Gasteiger partial charge in [-0.3, -0.25) is 14.5 Å². The first kappa shape index (κ1) is 22.2. The van der Waals surface area contributed by atoms with Crippen LogP contribution in [-0.4, -0.2) is 63.5 Å². The number of nitrogens with zero attached hydrogens (tertiary/aromatic N) is 2. The zero-order valence-corrected chi connectivity index (χ0v) is 18.0. The minimum absolute atomic E-state index is 0.114. The highest BCUT2D eigenvalue weighted by atomic mass is 32.1. The van der Waals surface area contributed by atoms with Crippen LogP contribution in [0.25, 0.3) is 11.3 Å². The summed E-state index contributed by atoms with van der Waals surface area (Å²) in [4.78, 5) is 30.7. The van der Waals surface area contributed by atoms with Gasteiger partial charge in [0.15, 0.2) is 6.61 Å². The van der Waals surface area contributed by atoms with Crippen molar-refractivity contribution in [2.45, 2.75) is 19.8 Å². The summed E-state index contributed by atoms with van der Waals surface area (Å²) in [5, 5.41) is 2.94. The molecular weight excluding hydrogens is 408 g/mol. The fourth-order valence-electron chi connectivity index (χ4n) is 2.92. The van der Waals surface area contributed by atoms with Crippen LogP contribution in [0, 0.1) is 0 Å². The molecule has 0 radical (unpaired) electrons. The highest BCUT2D eigenvalue weighted by molar-refractivity contribution is 7.09. The second-order valence-corrected chi connectivity index (χ2v) is 7.60. The first-order chi connectivity index (χ1) is 14.6. The van der Waals surface area contributed by atoms with Gasteiger partial charge in [0.2, 0.25) is 0 Å². The van der Waals surface area contributed by atoms with E-state index in [1.807, 2.05) is 24.4 Å². The summed E-state index contributed by atoms with van der Waals surface area (Å²) in [7, 11) is 1.66. The van der Waals surface area contributed by atoms with Gasteiger partial charge < -0.3 is 18.9 Å². The van der Waals surface area contributed by atoms with Gasteiger partial charge in [-0.1, -0.05) is 6.92 Å². The van der Waals surface area contributed by atoms with E-state index < -0.39 is 5.97 Å². The number of amides is 1. The Bertz CT molecular complexity index is 869. The number of rotatable bonds is 11. The quantitative estimate of drug-likeness (QED) is 0.397. The van der Waals surface area contributed by atoms with Gasteiger partial charge in [0.1, 0.15) is 18.9 Å². The van der Waals surface area contributed by atoms with Gasteiger partial charge in [-0.05, 0) is 24.6 Å². The van der Waals surface area contributed by atoms with E-state index >= 15 is 0 Å². The van der Waals surface area contributed by atoms with Crippen LogP contribution in [0.3, 0.4) is 0 Å². The van der Waals surface area contributed by atoms with Gasteiger partial charge >= 0.3 is 5.97 Å². The van der Waals surface area contributed by atoms with Crippen LogP contribution in [-0.2, 0) is 30.2 Å². The van der Waals surface area contributed by atoms with Crippen LogP contribution in [0.4, 0.5) is 5.69 Å². The topological polar surface area (TPSA) is 87.2 Å². The number of carbonyl (C=O) groups is 2. The fourth-order valence-corrected chi connectivity index (χ4v) is 3.71. The maximum absolute atomic E-state index is 12.4. The minimum Gasteiger partial charge on any atom is -0.482 e. The minimum atomic E-state index is -0.489. The van der Waals surface area contributed by atoms with Crippen molar-refractivity contribution >= 4 is 28.9 Å². The van der Waals surface area contributed by atoms with Crippen molar-refractivity contribution in [2.75, 3.05) is 51.6 Å². The zero-order valence-electron chi connectivity index (χ0n) is 17.2. The third kappa shape index (κ3) is 5.78. The van der Waals surface area contributed by atoms with Crippen LogP contribution < -0.4 is 9.64 Å². The molecule has 1 aliphatic rings. The maximum atomic E-state index is 12.4. The lowest BCUT2D eigenvalue weighted by atomic mass is 10.1. The second-order valence-electron chi connectivity index (χ2n) is 6.65. The van der Waals surface area contributed by atoms with Crippen molar-refractivity contribution in [3.63, 3.8) is 0 Å². The molecule has 1 aromatic heterocycles. The molecule has 2 aromatic rings. The lowest BCUT2D eigenvalue weighted by molar-refractivity contribution is -0.144. The SMILES string of the molecule is CCCOCCOC(=O)CN1C(=O)COc2ccc(-c3csc(CCOC)n3)cc21. The number of hydrogen-bond donors (Lipinski definition) is 0. The Morgan fingerprint density at radius 1 is 1.27 bits per heavy atom. The molecule has 0 saturated carbocycles. The van der Waals surface area contributed by atoms with E-state index in [1.165, 1.54) is 4.90 Å². The molecule has 0 N–H and O–H groups in total. The Labute approximate surface area is 179 Å². The predicted molar refractivity (Wildman–Crippen MR) is 113 cm³/mol. The Balaban J connectivity index is 1.70. The molecule has 8 nitrogen and oxygen atoms in total. The van der Waals surface area contributed by atoms with E-state index in [0.29, 0.717) is 31.3 Å². The molecule has 0 fully saturated rings. The number of hydrogen-bond acceptors (Lipinski definition) is 8. The van der Waals surface area contributed by atoms with Crippen molar-refractivity contribution in [2.24, 2.45) is 0 Å². The van der Waals surface area contributed by atoms with E-state index in [0.717, 1.165) is 29.1 Å². The van der Waals surface area contributed by atoms with Gasteiger partial charge in [-0.25, -0.2) is 4.98 Å². The van der Waals surface area contributed by atoms with Crippen molar-refractivity contribution < 1.29 is 28.5 Å². The average Bonchev–Trinajstić information content (AvgIpc) is 3.23. The summed E-state index contributed by atoms with van der Waals surface area (Å²) >= 11 is 1.56. The Morgan fingerprint density at radius 2 is 2.13 bits per heavy atom. The molecule has 0 unspecified atom stereocenters. The molecule has 162 valence electrons. The highest BCUT2D eigenvalue weighted by Gasteiger charge is 2.28. The van der Waals surface area contributed by atoms with E-state index in [1.54, 1.807) is 24.5 Å². The smallest absolute Gasteiger partial charge is 0.326 e. The number of benzene rings is 1. The lowest BCUT2D eigenvalue weighted by Gasteiger charge is -2.29. The number of fused-ring (bicyclic) bond motifs is 1. The normalized spacial score (nSPS) is 13.1. The monoisotopic (exact) mass is 434 g/mol. The molecule has 0 atom stereocenters. The summed E-state index contributed by atoms with van der Waals surface area (Å²) in [6.07, 6.45) is 1.65. The molecule has 1 aliphatic heterocycles. The van der Waals surface area contributed by atoms with Crippen molar-refractivity contribution in [3.8, 4) is 17.0 Å². The molecule has 2 heterocycles. The first-order valence-electron chi connectivity index (χ1n) is 9.86. The number of methoxy groups -OCH3 is 1. The highest BCUT2D eigenvalue weighted by Crippen LogP contribution is 2.36. The summed E-state index contributed by atoms with van der Waals surface area (Å²) < 4.78 is 21.1. The zero-order chi connectivity index (χ0) is 21.3. The molecule has 0 spiro atoms. The van der Waals surface area contributed by atoms with E-state index in [-0.39, 0.29) is 25.7 Å². The molecule has 9 heteroatoms. The Hall–Kier alpha value is -2.49. The third-order valence-electron chi connectivity index (χ3n) is 4.40. The summed E-state index contributed by atoms with van der Waals surface area (Å²) in [6, 6.07) is 5.51. The predicted octanol–water partition coefficient (Wildman–Crippen LogP) is 2.69. The van der Waals surface area contributed by atoms with Crippen molar-refractivity contribution in [3.05, 3.63) is 28.6 Å². The molecular formula is C21H26N2O6S. The second kappa shape index (κ2) is 11.1. The Kier molecular flexibility index (Phi) is 8.18.